The summed E-state index contributed by atoms with van der Waals surface area (Å²) >= 11 is 0. The first-order valence-corrected chi connectivity index (χ1v) is 9.51. The summed E-state index contributed by atoms with van der Waals surface area (Å²) in [6.07, 6.45) is 2.42. The van der Waals surface area contributed by atoms with Crippen molar-refractivity contribution >= 4 is 11.8 Å². The number of morpholine rings is 1. The first-order valence-electron chi connectivity index (χ1n) is 9.51. The average Bonchev–Trinajstić information content (AvgIpc) is 3.11. The molecule has 2 amide bonds. The third-order valence-corrected chi connectivity index (χ3v) is 5.73. The van der Waals surface area contributed by atoms with Crippen LogP contribution in [0.4, 0.5) is 0 Å². The van der Waals surface area contributed by atoms with E-state index in [4.69, 9.17) is 9.47 Å². The monoisotopic (exact) mass is 358 g/mol. The van der Waals surface area contributed by atoms with Gasteiger partial charge in [-0.25, -0.2) is 0 Å². The summed E-state index contributed by atoms with van der Waals surface area (Å²) in [5.41, 5.74) is 1.11. The first-order chi connectivity index (χ1) is 12.7. The predicted octanol–water partition coefficient (Wildman–Crippen LogP) is 1.44. The Morgan fingerprint density at radius 3 is 2.65 bits per heavy atom. The lowest BCUT2D eigenvalue weighted by Gasteiger charge is -2.36. The van der Waals surface area contributed by atoms with Crippen LogP contribution in [0.2, 0.25) is 0 Å². The Kier molecular flexibility index (Phi) is 5.22. The molecule has 6 nitrogen and oxygen atoms in total. The van der Waals surface area contributed by atoms with Crippen LogP contribution in [-0.2, 0) is 25.6 Å². The largest absolute Gasteiger partial charge is 0.381 e. The van der Waals surface area contributed by atoms with Gasteiger partial charge < -0.3 is 19.3 Å². The van der Waals surface area contributed by atoms with Crippen molar-refractivity contribution in [3.05, 3.63) is 35.9 Å². The van der Waals surface area contributed by atoms with Crippen molar-refractivity contribution < 1.29 is 19.1 Å². The number of rotatable bonds is 4. The van der Waals surface area contributed by atoms with Crippen LogP contribution in [0.15, 0.2) is 30.3 Å². The highest BCUT2D eigenvalue weighted by atomic mass is 16.5. The van der Waals surface area contributed by atoms with Gasteiger partial charge in [0.15, 0.2) is 0 Å². The average molecular weight is 358 g/mol. The molecule has 3 fully saturated rings. The molecular formula is C20H26N2O4. The molecule has 2 atom stereocenters. The van der Waals surface area contributed by atoms with Crippen molar-refractivity contribution in [1.82, 2.24) is 9.80 Å². The highest BCUT2D eigenvalue weighted by Gasteiger charge is 2.44. The molecule has 0 unspecified atom stereocenters. The normalized spacial score (nSPS) is 26.8. The number of amides is 2. The molecule has 0 N–H and O–H groups in total. The van der Waals surface area contributed by atoms with Crippen LogP contribution in [0, 0.1) is 5.92 Å². The van der Waals surface area contributed by atoms with Crippen molar-refractivity contribution in [2.24, 2.45) is 5.92 Å². The lowest BCUT2D eigenvalue weighted by molar-refractivity contribution is -0.153. The minimum absolute atomic E-state index is 0.00818. The van der Waals surface area contributed by atoms with Crippen LogP contribution in [0.3, 0.4) is 0 Å². The molecule has 0 saturated carbocycles. The van der Waals surface area contributed by atoms with Gasteiger partial charge >= 0.3 is 0 Å². The molecule has 1 aromatic carbocycles. The van der Waals surface area contributed by atoms with E-state index < -0.39 is 0 Å². The Balaban J connectivity index is 1.40. The number of ether oxygens (including phenoxy) is 2. The van der Waals surface area contributed by atoms with Gasteiger partial charge in [0.05, 0.1) is 12.1 Å². The molecule has 4 rings (SSSR count). The van der Waals surface area contributed by atoms with E-state index in [0.717, 1.165) is 31.6 Å². The maximum absolute atomic E-state index is 12.7. The highest BCUT2D eigenvalue weighted by Crippen LogP contribution is 2.27. The maximum Gasteiger partial charge on any atom is 0.249 e. The lowest BCUT2D eigenvalue weighted by atomic mass is 9.96. The molecular weight excluding hydrogens is 332 g/mol. The number of hydrogen-bond acceptors (Lipinski definition) is 4. The minimum Gasteiger partial charge on any atom is -0.381 e. The molecule has 3 aliphatic heterocycles. The van der Waals surface area contributed by atoms with Gasteiger partial charge in [-0.2, -0.15) is 0 Å². The molecule has 0 radical (unpaired) electrons. The van der Waals surface area contributed by atoms with Crippen molar-refractivity contribution in [3.8, 4) is 0 Å². The van der Waals surface area contributed by atoms with Crippen molar-refractivity contribution in [1.29, 1.82) is 0 Å². The number of hydrogen-bond donors (Lipinski definition) is 0. The first kappa shape index (κ1) is 17.5. The molecule has 6 heteroatoms. The molecule has 26 heavy (non-hydrogen) atoms. The van der Waals surface area contributed by atoms with E-state index in [1.165, 1.54) is 0 Å². The Bertz CT molecular complexity index is 644. The fourth-order valence-electron chi connectivity index (χ4n) is 4.18. The summed E-state index contributed by atoms with van der Waals surface area (Å²) in [7, 11) is 0. The number of fused-ring (bicyclic) bond motifs is 1. The van der Waals surface area contributed by atoms with E-state index in [9.17, 15) is 9.59 Å². The van der Waals surface area contributed by atoms with Gasteiger partial charge in [-0.1, -0.05) is 30.3 Å². The van der Waals surface area contributed by atoms with Gasteiger partial charge in [0, 0.05) is 39.3 Å². The number of carbonyl (C=O) groups excluding carboxylic acids is 2. The number of benzene rings is 1. The third-order valence-electron chi connectivity index (χ3n) is 5.73. The summed E-state index contributed by atoms with van der Waals surface area (Å²) in [5, 5.41) is 0. The van der Waals surface area contributed by atoms with Gasteiger partial charge in [0.1, 0.15) is 6.61 Å². The fourth-order valence-corrected chi connectivity index (χ4v) is 4.18. The van der Waals surface area contributed by atoms with E-state index in [1.807, 2.05) is 40.1 Å². The number of likely N-dealkylation sites (tertiary alicyclic amines) is 1. The lowest BCUT2D eigenvalue weighted by Crippen LogP contribution is -2.53. The summed E-state index contributed by atoms with van der Waals surface area (Å²) in [6.45, 7) is 3.36. The van der Waals surface area contributed by atoms with E-state index in [1.54, 1.807) is 0 Å². The second-order valence-electron chi connectivity index (χ2n) is 7.48. The van der Waals surface area contributed by atoms with Gasteiger partial charge in [0.25, 0.3) is 0 Å². The van der Waals surface area contributed by atoms with Gasteiger partial charge in [-0.3, -0.25) is 9.59 Å². The highest BCUT2D eigenvalue weighted by molar-refractivity contribution is 5.80. The molecule has 0 bridgehead atoms. The van der Waals surface area contributed by atoms with E-state index in [2.05, 4.69) is 0 Å². The zero-order valence-electron chi connectivity index (χ0n) is 15.0. The van der Waals surface area contributed by atoms with Gasteiger partial charge in [0.2, 0.25) is 11.8 Å². The summed E-state index contributed by atoms with van der Waals surface area (Å²) in [5.74, 6) is 0.609. The summed E-state index contributed by atoms with van der Waals surface area (Å²) in [6, 6.07) is 9.95. The van der Waals surface area contributed by atoms with Crippen LogP contribution >= 0.6 is 0 Å². The minimum atomic E-state index is -0.0740. The Labute approximate surface area is 154 Å². The number of nitrogens with zero attached hydrogens (tertiary/aromatic N) is 2. The Morgan fingerprint density at radius 2 is 1.88 bits per heavy atom. The number of carbonyl (C=O) groups is 2. The van der Waals surface area contributed by atoms with Crippen LogP contribution in [-0.4, -0.2) is 66.7 Å². The van der Waals surface area contributed by atoms with Crippen LogP contribution < -0.4 is 0 Å². The Morgan fingerprint density at radius 1 is 1.12 bits per heavy atom. The molecule has 3 saturated heterocycles. The van der Waals surface area contributed by atoms with Crippen LogP contribution in [0.25, 0.3) is 0 Å². The zero-order valence-corrected chi connectivity index (χ0v) is 15.0. The van der Waals surface area contributed by atoms with Crippen molar-refractivity contribution in [2.75, 3.05) is 32.9 Å². The molecule has 1 aromatic rings. The van der Waals surface area contributed by atoms with Crippen molar-refractivity contribution in [3.63, 3.8) is 0 Å². The van der Waals surface area contributed by atoms with E-state index >= 15 is 0 Å². The molecule has 3 aliphatic rings. The van der Waals surface area contributed by atoms with E-state index in [0.29, 0.717) is 32.0 Å². The fraction of sp³-hybridized carbons (Fsp3) is 0.600. The predicted molar refractivity (Wildman–Crippen MR) is 95.3 cm³/mol. The second-order valence-corrected chi connectivity index (χ2v) is 7.48. The molecule has 140 valence electrons. The summed E-state index contributed by atoms with van der Waals surface area (Å²) < 4.78 is 11.1. The summed E-state index contributed by atoms with van der Waals surface area (Å²) in [4.78, 5) is 28.9. The molecule has 0 spiro atoms. The molecule has 0 aliphatic carbocycles. The van der Waals surface area contributed by atoms with Gasteiger partial charge in [-0.15, -0.1) is 0 Å². The molecule has 0 aromatic heterocycles. The SMILES string of the molecule is O=C(CC1CCOCC1)N1C[C@@H]2[C@@H](C1)OCC(=O)N2Cc1ccccc1. The standard InChI is InChI=1S/C20H26N2O4/c23-19(10-15-6-8-25-9-7-15)21-12-17-18(13-21)26-14-20(24)22(17)11-16-4-2-1-3-5-16/h1-5,15,17-18H,6-14H2/t17-,18-/m1/s1. The zero-order chi connectivity index (χ0) is 17.9. The van der Waals surface area contributed by atoms with Crippen molar-refractivity contribution in [2.45, 2.75) is 38.0 Å². The van der Waals surface area contributed by atoms with Crippen LogP contribution in [0.5, 0.6) is 0 Å². The second kappa shape index (κ2) is 7.76. The van der Waals surface area contributed by atoms with Gasteiger partial charge in [-0.05, 0) is 24.3 Å². The van der Waals surface area contributed by atoms with E-state index in [-0.39, 0.29) is 30.6 Å². The molecule has 3 heterocycles. The smallest absolute Gasteiger partial charge is 0.249 e. The third kappa shape index (κ3) is 3.76. The quantitative estimate of drug-likeness (QED) is 0.817. The van der Waals surface area contributed by atoms with Crippen LogP contribution in [0.1, 0.15) is 24.8 Å². The topological polar surface area (TPSA) is 59.1 Å². The maximum atomic E-state index is 12.7. The Hall–Kier alpha value is -1.92.